The van der Waals surface area contributed by atoms with Gasteiger partial charge >= 0.3 is 0 Å². The predicted molar refractivity (Wildman–Crippen MR) is 112 cm³/mol. The number of halogens is 1. The fourth-order valence-electron chi connectivity index (χ4n) is 3.22. The first-order valence-corrected chi connectivity index (χ1v) is 10.4. The summed E-state index contributed by atoms with van der Waals surface area (Å²) in [6.07, 6.45) is 0.516. The van der Waals surface area contributed by atoms with E-state index in [1.54, 1.807) is 23.5 Å². The van der Waals surface area contributed by atoms with Crippen molar-refractivity contribution in [3.8, 4) is 0 Å². The van der Waals surface area contributed by atoms with Crippen LogP contribution >= 0.6 is 11.3 Å². The molecule has 0 fully saturated rings. The molecule has 0 N–H and O–H groups in total. The number of benzene rings is 1. The molecule has 160 valence electrons. The molecule has 3 rings (SSSR count). The van der Waals surface area contributed by atoms with E-state index in [-0.39, 0.29) is 43.4 Å². The average molecular weight is 434 g/mol. The van der Waals surface area contributed by atoms with Gasteiger partial charge in [0.15, 0.2) is 0 Å². The Labute approximate surface area is 178 Å². The molecule has 0 saturated carbocycles. The first-order valence-electron chi connectivity index (χ1n) is 9.48. The average Bonchev–Trinajstić information content (AvgIpc) is 3.41. The van der Waals surface area contributed by atoms with Crippen molar-refractivity contribution in [1.82, 2.24) is 9.91 Å². The summed E-state index contributed by atoms with van der Waals surface area (Å²) in [6.45, 7) is 0.293. The number of nitrogens with zero attached hydrogens (tertiary/aromatic N) is 3. The van der Waals surface area contributed by atoms with Crippen LogP contribution in [0.5, 0.6) is 0 Å². The van der Waals surface area contributed by atoms with Crippen LogP contribution in [0, 0.1) is 5.82 Å². The lowest BCUT2D eigenvalue weighted by molar-refractivity contribution is -0.144. The minimum absolute atomic E-state index is 0.123. The van der Waals surface area contributed by atoms with Crippen molar-refractivity contribution < 1.29 is 23.5 Å². The Hall–Kier alpha value is -2.62. The fourth-order valence-corrected chi connectivity index (χ4v) is 3.94. The smallest absolute Gasteiger partial charge is 0.262 e. The molecule has 1 atom stereocenters. The largest absolute Gasteiger partial charge is 0.383 e. The van der Waals surface area contributed by atoms with Crippen molar-refractivity contribution in [2.24, 2.45) is 5.10 Å². The highest BCUT2D eigenvalue weighted by atomic mass is 32.1. The van der Waals surface area contributed by atoms with Gasteiger partial charge in [-0.1, -0.05) is 18.2 Å². The molecule has 0 radical (unpaired) electrons. The Balaban J connectivity index is 1.84. The van der Waals surface area contributed by atoms with Crippen LogP contribution in [0.1, 0.15) is 22.9 Å². The maximum atomic E-state index is 13.4. The van der Waals surface area contributed by atoms with Crippen molar-refractivity contribution in [3.63, 3.8) is 0 Å². The third kappa shape index (κ3) is 5.29. The van der Waals surface area contributed by atoms with Crippen LogP contribution in [-0.4, -0.2) is 68.0 Å². The Morgan fingerprint density at radius 1 is 1.23 bits per heavy atom. The molecule has 0 spiro atoms. The summed E-state index contributed by atoms with van der Waals surface area (Å²) in [5.74, 6) is -0.968. The molecular formula is C21H24FN3O4S. The molecule has 0 aliphatic carbocycles. The molecule has 9 heteroatoms. The highest BCUT2D eigenvalue weighted by Gasteiger charge is 2.34. The van der Waals surface area contributed by atoms with Gasteiger partial charge in [0.25, 0.3) is 5.91 Å². The summed E-state index contributed by atoms with van der Waals surface area (Å²) in [5, 5.41) is 7.92. The van der Waals surface area contributed by atoms with Crippen molar-refractivity contribution in [3.05, 3.63) is 58.0 Å². The zero-order chi connectivity index (χ0) is 21.5. The van der Waals surface area contributed by atoms with Gasteiger partial charge in [-0.25, -0.2) is 9.40 Å². The van der Waals surface area contributed by atoms with Gasteiger partial charge in [-0.15, -0.1) is 11.3 Å². The summed E-state index contributed by atoms with van der Waals surface area (Å²) in [7, 11) is 2.96. The molecule has 1 aliphatic rings. The molecule has 0 saturated heterocycles. The zero-order valence-electron chi connectivity index (χ0n) is 16.9. The van der Waals surface area contributed by atoms with Crippen LogP contribution in [0.2, 0.25) is 0 Å². The minimum Gasteiger partial charge on any atom is -0.383 e. The van der Waals surface area contributed by atoms with Gasteiger partial charge in [0.1, 0.15) is 19.0 Å². The third-order valence-electron chi connectivity index (χ3n) is 4.74. The van der Waals surface area contributed by atoms with E-state index in [0.29, 0.717) is 13.0 Å². The predicted octanol–water partition coefficient (Wildman–Crippen LogP) is 2.69. The molecule has 2 aromatic rings. The Kier molecular flexibility index (Phi) is 7.67. The number of hydrogen-bond acceptors (Lipinski definition) is 6. The second kappa shape index (κ2) is 10.4. The number of thiophene rings is 1. The lowest BCUT2D eigenvalue weighted by Gasteiger charge is -2.26. The first kappa shape index (κ1) is 22.1. The number of rotatable bonds is 9. The van der Waals surface area contributed by atoms with Crippen molar-refractivity contribution in [2.75, 3.05) is 40.5 Å². The second-order valence-electron chi connectivity index (χ2n) is 6.77. The molecular weight excluding hydrogens is 409 g/mol. The maximum Gasteiger partial charge on any atom is 0.262 e. The molecule has 1 aromatic heterocycles. The first-order chi connectivity index (χ1) is 14.5. The molecule has 2 heterocycles. The maximum absolute atomic E-state index is 13.4. The summed E-state index contributed by atoms with van der Waals surface area (Å²) >= 11 is 1.54. The van der Waals surface area contributed by atoms with E-state index in [0.717, 1.165) is 16.2 Å². The van der Waals surface area contributed by atoms with Gasteiger partial charge in [-0.3, -0.25) is 9.59 Å². The molecule has 7 nitrogen and oxygen atoms in total. The third-order valence-corrected chi connectivity index (χ3v) is 5.66. The Morgan fingerprint density at radius 2 is 2.00 bits per heavy atom. The summed E-state index contributed by atoms with van der Waals surface area (Å²) in [6, 6.07) is 9.57. The van der Waals surface area contributed by atoms with E-state index >= 15 is 0 Å². The van der Waals surface area contributed by atoms with E-state index in [1.807, 2.05) is 17.5 Å². The van der Waals surface area contributed by atoms with E-state index in [9.17, 15) is 14.0 Å². The van der Waals surface area contributed by atoms with E-state index in [1.165, 1.54) is 36.3 Å². The van der Waals surface area contributed by atoms with Crippen molar-refractivity contribution in [2.45, 2.75) is 12.5 Å². The second-order valence-corrected chi connectivity index (χ2v) is 7.72. The monoisotopic (exact) mass is 433 g/mol. The van der Waals surface area contributed by atoms with Crippen LogP contribution in [0.3, 0.4) is 0 Å². The highest BCUT2D eigenvalue weighted by molar-refractivity contribution is 7.12. The van der Waals surface area contributed by atoms with Crippen molar-refractivity contribution in [1.29, 1.82) is 0 Å². The van der Waals surface area contributed by atoms with E-state index in [2.05, 4.69) is 5.10 Å². The van der Waals surface area contributed by atoms with Crippen LogP contribution in [0.4, 0.5) is 4.39 Å². The number of methoxy groups -OCH3 is 2. The molecule has 0 bridgehead atoms. The topological polar surface area (TPSA) is 71.4 Å². The van der Waals surface area contributed by atoms with Gasteiger partial charge in [-0.05, 0) is 29.1 Å². The van der Waals surface area contributed by atoms with Gasteiger partial charge in [0, 0.05) is 27.2 Å². The molecule has 30 heavy (non-hydrogen) atoms. The van der Waals surface area contributed by atoms with E-state index < -0.39 is 0 Å². The van der Waals surface area contributed by atoms with Gasteiger partial charge in [0.2, 0.25) is 5.91 Å². The summed E-state index contributed by atoms with van der Waals surface area (Å²) in [5.41, 5.74) is 1.58. The Bertz CT molecular complexity index is 886. The van der Waals surface area contributed by atoms with Crippen LogP contribution in [0.25, 0.3) is 0 Å². The quantitative estimate of drug-likeness (QED) is 0.610. The number of carbonyl (C=O) groups is 2. The number of ether oxygens (including phenoxy) is 2. The number of amides is 2. The fraction of sp³-hybridized carbons (Fsp3) is 0.381. The number of carbonyl (C=O) groups excluding carboxylic acids is 2. The molecule has 1 aromatic carbocycles. The van der Waals surface area contributed by atoms with Gasteiger partial charge in [-0.2, -0.15) is 5.10 Å². The lowest BCUT2D eigenvalue weighted by atomic mass is 10.0. The number of hydrazone groups is 1. The molecule has 1 aliphatic heterocycles. The van der Waals surface area contributed by atoms with Gasteiger partial charge in [0.05, 0.1) is 23.2 Å². The van der Waals surface area contributed by atoms with Gasteiger partial charge < -0.3 is 14.4 Å². The summed E-state index contributed by atoms with van der Waals surface area (Å²) < 4.78 is 23.4. The molecule has 1 unspecified atom stereocenters. The van der Waals surface area contributed by atoms with Crippen LogP contribution in [-0.2, 0) is 19.1 Å². The molecule has 2 amide bonds. The van der Waals surface area contributed by atoms with E-state index in [4.69, 9.17) is 9.47 Å². The normalized spacial score (nSPS) is 15.9. The highest BCUT2D eigenvalue weighted by Crippen LogP contribution is 2.34. The van der Waals surface area contributed by atoms with Crippen LogP contribution < -0.4 is 0 Å². The zero-order valence-corrected chi connectivity index (χ0v) is 17.7. The SMILES string of the molecule is COCCN(CC(=O)N1N=C(c2cccs2)CC1c1ccc(F)cc1)C(=O)COC. The lowest BCUT2D eigenvalue weighted by Crippen LogP contribution is -2.44. The number of hydrogen-bond donors (Lipinski definition) is 0. The van der Waals surface area contributed by atoms with Crippen molar-refractivity contribution >= 4 is 28.9 Å². The standard InChI is InChI=1S/C21H24FN3O4S/c1-28-10-9-24(21(27)14-29-2)13-20(26)25-18(15-5-7-16(22)8-6-15)12-17(23-25)19-4-3-11-30-19/h3-8,11,18H,9-10,12-14H2,1-2H3. The minimum atomic E-state index is -0.364. The Morgan fingerprint density at radius 3 is 2.63 bits per heavy atom. The van der Waals surface area contributed by atoms with Crippen LogP contribution in [0.15, 0.2) is 46.9 Å². The summed E-state index contributed by atoms with van der Waals surface area (Å²) in [4.78, 5) is 27.9.